The molecule has 1 aromatic carbocycles. The van der Waals surface area contributed by atoms with Gasteiger partial charge in [0.1, 0.15) is 4.21 Å². The van der Waals surface area contributed by atoms with E-state index in [4.69, 9.17) is 0 Å². The normalized spacial score (nSPS) is 19.4. The fourth-order valence-electron chi connectivity index (χ4n) is 3.15. The van der Waals surface area contributed by atoms with E-state index in [0.717, 1.165) is 37.9 Å². The van der Waals surface area contributed by atoms with E-state index in [1.807, 2.05) is 24.3 Å². The van der Waals surface area contributed by atoms with Crippen molar-refractivity contribution in [3.63, 3.8) is 0 Å². The molecular formula is C17H21N3O2S2. The topological polar surface area (TPSA) is 52.7 Å². The summed E-state index contributed by atoms with van der Waals surface area (Å²) in [6.07, 6.45) is 2.72. The molecule has 0 atom stereocenters. The highest BCUT2D eigenvalue weighted by molar-refractivity contribution is 7.94. The Hall–Kier alpha value is -1.57. The van der Waals surface area contributed by atoms with Crippen molar-refractivity contribution in [2.45, 2.75) is 23.1 Å². The van der Waals surface area contributed by atoms with Crippen LogP contribution < -0.4 is 9.62 Å². The SMILES string of the molecule is O=S(=O)(Nc1ccc(N2CCN(C3CC3)CC2)cc1)c1cccs1. The second-order valence-electron chi connectivity index (χ2n) is 6.34. The van der Waals surface area contributed by atoms with Crippen molar-refractivity contribution in [2.24, 2.45) is 0 Å². The Morgan fingerprint density at radius 3 is 2.29 bits per heavy atom. The van der Waals surface area contributed by atoms with E-state index in [0.29, 0.717) is 9.90 Å². The van der Waals surface area contributed by atoms with Gasteiger partial charge in [-0.3, -0.25) is 9.62 Å². The third kappa shape index (κ3) is 3.43. The van der Waals surface area contributed by atoms with Crippen LogP contribution >= 0.6 is 11.3 Å². The van der Waals surface area contributed by atoms with E-state index in [-0.39, 0.29) is 0 Å². The predicted octanol–water partition coefficient (Wildman–Crippen LogP) is 2.83. The first-order valence-electron chi connectivity index (χ1n) is 8.27. The average Bonchev–Trinajstić information content (AvgIpc) is 3.28. The summed E-state index contributed by atoms with van der Waals surface area (Å²) < 4.78 is 27.4. The molecule has 0 unspecified atom stereocenters. The molecule has 2 heterocycles. The molecular weight excluding hydrogens is 342 g/mol. The number of piperazine rings is 1. The third-order valence-electron chi connectivity index (χ3n) is 4.62. The van der Waals surface area contributed by atoms with E-state index in [2.05, 4.69) is 14.5 Å². The summed E-state index contributed by atoms with van der Waals surface area (Å²) in [4.78, 5) is 4.95. The van der Waals surface area contributed by atoms with Crippen molar-refractivity contribution in [1.82, 2.24) is 4.90 Å². The maximum absolute atomic E-state index is 12.2. The molecule has 5 nitrogen and oxygen atoms in total. The summed E-state index contributed by atoms with van der Waals surface area (Å²) in [6.45, 7) is 4.32. The molecule has 0 bridgehead atoms. The molecule has 0 radical (unpaired) electrons. The van der Waals surface area contributed by atoms with Gasteiger partial charge in [-0.1, -0.05) is 6.07 Å². The van der Waals surface area contributed by atoms with Crippen LogP contribution in [0, 0.1) is 0 Å². The van der Waals surface area contributed by atoms with Crippen molar-refractivity contribution in [2.75, 3.05) is 35.8 Å². The number of nitrogens with one attached hydrogen (secondary N) is 1. The van der Waals surface area contributed by atoms with Crippen LogP contribution in [-0.2, 0) is 10.0 Å². The highest BCUT2D eigenvalue weighted by atomic mass is 32.2. The van der Waals surface area contributed by atoms with E-state index in [1.165, 1.54) is 24.2 Å². The summed E-state index contributed by atoms with van der Waals surface area (Å²) in [6, 6.07) is 11.9. The number of nitrogens with zero attached hydrogens (tertiary/aromatic N) is 2. The van der Waals surface area contributed by atoms with Gasteiger partial charge in [0, 0.05) is 43.6 Å². The molecule has 1 aliphatic heterocycles. The third-order valence-corrected chi connectivity index (χ3v) is 7.40. The van der Waals surface area contributed by atoms with Crippen LogP contribution in [0.5, 0.6) is 0 Å². The maximum Gasteiger partial charge on any atom is 0.271 e. The largest absolute Gasteiger partial charge is 0.369 e. The van der Waals surface area contributed by atoms with Crippen LogP contribution in [0.15, 0.2) is 46.0 Å². The minimum atomic E-state index is -3.47. The minimum absolute atomic E-state index is 0.336. The van der Waals surface area contributed by atoms with Gasteiger partial charge in [-0.15, -0.1) is 11.3 Å². The number of benzene rings is 1. The van der Waals surface area contributed by atoms with E-state index in [1.54, 1.807) is 17.5 Å². The fourth-order valence-corrected chi connectivity index (χ4v) is 5.20. The number of hydrogen-bond donors (Lipinski definition) is 1. The molecule has 1 N–H and O–H groups in total. The van der Waals surface area contributed by atoms with E-state index in [9.17, 15) is 8.42 Å². The molecule has 2 aliphatic rings. The zero-order valence-electron chi connectivity index (χ0n) is 13.4. The lowest BCUT2D eigenvalue weighted by Crippen LogP contribution is -2.47. The van der Waals surface area contributed by atoms with Gasteiger partial charge in [0.2, 0.25) is 0 Å². The first-order chi connectivity index (χ1) is 11.6. The number of sulfonamides is 1. The first-order valence-corrected chi connectivity index (χ1v) is 10.6. The van der Waals surface area contributed by atoms with E-state index < -0.39 is 10.0 Å². The second-order valence-corrected chi connectivity index (χ2v) is 9.20. The lowest BCUT2D eigenvalue weighted by Gasteiger charge is -2.36. The van der Waals surface area contributed by atoms with Gasteiger partial charge in [-0.2, -0.15) is 0 Å². The van der Waals surface area contributed by atoms with Crippen molar-refractivity contribution in [3.05, 3.63) is 41.8 Å². The van der Waals surface area contributed by atoms with Gasteiger partial charge in [0.15, 0.2) is 0 Å². The second kappa shape index (κ2) is 6.38. The molecule has 1 aliphatic carbocycles. The molecule has 2 fully saturated rings. The van der Waals surface area contributed by atoms with Crippen molar-refractivity contribution >= 4 is 32.7 Å². The lowest BCUT2D eigenvalue weighted by molar-refractivity contribution is 0.248. The highest BCUT2D eigenvalue weighted by Gasteiger charge is 2.31. The monoisotopic (exact) mass is 363 g/mol. The summed E-state index contributed by atoms with van der Waals surface area (Å²) in [5, 5.41) is 1.76. The van der Waals surface area contributed by atoms with Gasteiger partial charge in [-0.05, 0) is 48.6 Å². The van der Waals surface area contributed by atoms with Crippen LogP contribution in [0.1, 0.15) is 12.8 Å². The molecule has 24 heavy (non-hydrogen) atoms. The lowest BCUT2D eigenvalue weighted by atomic mass is 10.2. The summed E-state index contributed by atoms with van der Waals surface area (Å²) >= 11 is 1.22. The first kappa shape index (κ1) is 15.9. The Labute approximate surface area is 147 Å². The quantitative estimate of drug-likeness (QED) is 0.888. The molecule has 1 saturated carbocycles. The van der Waals surface area contributed by atoms with Crippen molar-refractivity contribution in [3.8, 4) is 0 Å². The van der Waals surface area contributed by atoms with Crippen molar-refractivity contribution < 1.29 is 8.42 Å². The van der Waals surface area contributed by atoms with Crippen LogP contribution in [0.2, 0.25) is 0 Å². The standard InChI is InChI=1S/C17H21N3O2S2/c21-24(22,17-2-1-13-23-17)18-14-3-5-15(6-4-14)19-9-11-20(12-10-19)16-7-8-16/h1-6,13,16,18H,7-12H2. The van der Waals surface area contributed by atoms with Gasteiger partial charge in [0.05, 0.1) is 0 Å². The number of hydrogen-bond acceptors (Lipinski definition) is 5. The summed E-state index contributed by atoms with van der Waals surface area (Å²) in [5.41, 5.74) is 1.76. The van der Waals surface area contributed by atoms with Gasteiger partial charge >= 0.3 is 0 Å². The Bertz CT molecular complexity index is 776. The molecule has 1 aromatic heterocycles. The number of anilines is 2. The number of thiophene rings is 1. The molecule has 1 saturated heterocycles. The average molecular weight is 364 g/mol. The Morgan fingerprint density at radius 2 is 1.71 bits per heavy atom. The number of rotatable bonds is 5. The molecule has 2 aromatic rings. The van der Waals surface area contributed by atoms with E-state index >= 15 is 0 Å². The zero-order valence-corrected chi connectivity index (χ0v) is 15.0. The van der Waals surface area contributed by atoms with Gasteiger partial charge in [0.25, 0.3) is 10.0 Å². The summed E-state index contributed by atoms with van der Waals surface area (Å²) in [7, 11) is -3.47. The molecule has 0 amide bonds. The molecule has 7 heteroatoms. The fraction of sp³-hybridized carbons (Fsp3) is 0.412. The van der Waals surface area contributed by atoms with Gasteiger partial charge < -0.3 is 4.90 Å². The van der Waals surface area contributed by atoms with Crippen LogP contribution in [0.25, 0.3) is 0 Å². The maximum atomic E-state index is 12.2. The van der Waals surface area contributed by atoms with Gasteiger partial charge in [-0.25, -0.2) is 8.42 Å². The van der Waals surface area contributed by atoms with Crippen LogP contribution in [-0.4, -0.2) is 45.5 Å². The zero-order chi connectivity index (χ0) is 16.6. The summed E-state index contributed by atoms with van der Waals surface area (Å²) in [5.74, 6) is 0. The Balaban J connectivity index is 1.40. The predicted molar refractivity (Wildman–Crippen MR) is 98.4 cm³/mol. The minimum Gasteiger partial charge on any atom is -0.369 e. The molecule has 0 spiro atoms. The Morgan fingerprint density at radius 1 is 1.00 bits per heavy atom. The van der Waals surface area contributed by atoms with Crippen LogP contribution in [0.3, 0.4) is 0 Å². The highest BCUT2D eigenvalue weighted by Crippen LogP contribution is 2.29. The Kier molecular flexibility index (Phi) is 4.24. The smallest absolute Gasteiger partial charge is 0.271 e. The van der Waals surface area contributed by atoms with Crippen molar-refractivity contribution in [1.29, 1.82) is 0 Å². The van der Waals surface area contributed by atoms with Crippen LogP contribution in [0.4, 0.5) is 11.4 Å². The molecule has 128 valence electrons. The molecule has 4 rings (SSSR count).